The summed E-state index contributed by atoms with van der Waals surface area (Å²) in [7, 11) is 0. The molecule has 0 aliphatic heterocycles. The highest BCUT2D eigenvalue weighted by Gasteiger charge is 2.11. The minimum absolute atomic E-state index is 0.140. The third-order valence-corrected chi connectivity index (χ3v) is 5.34. The molecule has 0 saturated carbocycles. The van der Waals surface area contributed by atoms with Gasteiger partial charge in [0.1, 0.15) is 5.82 Å². The van der Waals surface area contributed by atoms with Gasteiger partial charge in [-0.3, -0.25) is 0 Å². The molecule has 0 fully saturated rings. The Labute approximate surface area is 172 Å². The van der Waals surface area contributed by atoms with E-state index in [2.05, 4.69) is 31.2 Å². The van der Waals surface area contributed by atoms with Crippen LogP contribution in [-0.4, -0.2) is 5.11 Å². The van der Waals surface area contributed by atoms with Crippen LogP contribution in [0.2, 0.25) is 0 Å². The molecule has 0 amide bonds. The Kier molecular flexibility index (Phi) is 7.40. The van der Waals surface area contributed by atoms with E-state index in [0.717, 1.165) is 29.7 Å². The lowest BCUT2D eigenvalue weighted by atomic mass is 9.98. The predicted molar refractivity (Wildman–Crippen MR) is 116 cm³/mol. The van der Waals surface area contributed by atoms with E-state index in [1.807, 2.05) is 12.1 Å². The van der Waals surface area contributed by atoms with Crippen molar-refractivity contribution >= 4 is 0 Å². The minimum Gasteiger partial charge on any atom is -0.505 e. The first-order valence-corrected chi connectivity index (χ1v) is 10.5. The van der Waals surface area contributed by atoms with E-state index in [1.165, 1.54) is 44.1 Å². The zero-order valence-electron chi connectivity index (χ0n) is 16.9. The highest BCUT2D eigenvalue weighted by molar-refractivity contribution is 5.71. The van der Waals surface area contributed by atoms with E-state index in [4.69, 9.17) is 0 Å². The second-order valence-electron chi connectivity index (χ2n) is 7.58. The topological polar surface area (TPSA) is 20.2 Å². The Balaban J connectivity index is 1.62. The van der Waals surface area contributed by atoms with Crippen LogP contribution in [0.4, 0.5) is 8.78 Å². The van der Waals surface area contributed by atoms with Crippen LogP contribution in [0.3, 0.4) is 0 Å². The smallest absolute Gasteiger partial charge is 0.165 e. The van der Waals surface area contributed by atoms with Crippen molar-refractivity contribution in [3.8, 4) is 28.0 Å². The second-order valence-corrected chi connectivity index (χ2v) is 7.58. The Morgan fingerprint density at radius 2 is 1.21 bits per heavy atom. The molecule has 29 heavy (non-hydrogen) atoms. The molecular weight excluding hydrogens is 366 g/mol. The molecule has 0 heterocycles. The fraction of sp³-hybridized carbons (Fsp3) is 0.308. The molecule has 0 saturated heterocycles. The van der Waals surface area contributed by atoms with Crippen molar-refractivity contribution in [3.63, 3.8) is 0 Å². The maximum absolute atomic E-state index is 14.0. The SMILES string of the molecule is CCCCCCCCc1ccc(-c2ccc(-c3cc(F)c(O)cc3F)cc2)cc1. The van der Waals surface area contributed by atoms with Gasteiger partial charge >= 0.3 is 0 Å². The number of aromatic hydroxyl groups is 1. The van der Waals surface area contributed by atoms with Crippen molar-refractivity contribution in [3.05, 3.63) is 77.9 Å². The van der Waals surface area contributed by atoms with Crippen molar-refractivity contribution in [1.82, 2.24) is 0 Å². The number of phenols is 1. The van der Waals surface area contributed by atoms with E-state index in [9.17, 15) is 13.9 Å². The van der Waals surface area contributed by atoms with Crippen molar-refractivity contribution in [2.45, 2.75) is 51.9 Å². The molecule has 1 N–H and O–H groups in total. The Bertz CT molecular complexity index is 915. The van der Waals surface area contributed by atoms with Crippen LogP contribution >= 0.6 is 0 Å². The van der Waals surface area contributed by atoms with Gasteiger partial charge in [-0.1, -0.05) is 87.6 Å². The van der Waals surface area contributed by atoms with E-state index in [1.54, 1.807) is 12.1 Å². The summed E-state index contributed by atoms with van der Waals surface area (Å²) in [6.45, 7) is 2.24. The molecule has 0 aromatic heterocycles. The molecule has 3 rings (SSSR count). The van der Waals surface area contributed by atoms with Gasteiger partial charge in [-0.2, -0.15) is 0 Å². The molecule has 0 bridgehead atoms. The van der Waals surface area contributed by atoms with Crippen LogP contribution in [0, 0.1) is 11.6 Å². The summed E-state index contributed by atoms with van der Waals surface area (Å²) in [5.41, 5.74) is 4.19. The summed E-state index contributed by atoms with van der Waals surface area (Å²) in [6.07, 6.45) is 8.90. The molecule has 1 nitrogen and oxygen atoms in total. The fourth-order valence-corrected chi connectivity index (χ4v) is 3.57. The molecule has 152 valence electrons. The van der Waals surface area contributed by atoms with Crippen LogP contribution in [0.25, 0.3) is 22.3 Å². The maximum atomic E-state index is 14.0. The molecule has 0 atom stereocenters. The van der Waals surface area contributed by atoms with Gasteiger partial charge in [0.05, 0.1) is 0 Å². The summed E-state index contributed by atoms with van der Waals surface area (Å²) in [5.74, 6) is -2.15. The van der Waals surface area contributed by atoms with Crippen molar-refractivity contribution < 1.29 is 13.9 Å². The average molecular weight is 395 g/mol. The maximum Gasteiger partial charge on any atom is 0.165 e. The fourth-order valence-electron chi connectivity index (χ4n) is 3.57. The Morgan fingerprint density at radius 3 is 1.86 bits per heavy atom. The van der Waals surface area contributed by atoms with Gasteiger partial charge in [0.25, 0.3) is 0 Å². The lowest BCUT2D eigenvalue weighted by molar-refractivity contribution is 0.427. The molecule has 3 aromatic carbocycles. The molecule has 3 heteroatoms. The summed E-state index contributed by atoms with van der Waals surface area (Å²) in [6, 6.07) is 17.8. The van der Waals surface area contributed by atoms with Gasteiger partial charge in [-0.05, 0) is 41.2 Å². The molecule has 0 aliphatic carbocycles. The molecule has 0 radical (unpaired) electrons. The predicted octanol–water partition coefficient (Wildman–Crippen LogP) is 7.91. The number of benzene rings is 3. The third-order valence-electron chi connectivity index (χ3n) is 5.34. The van der Waals surface area contributed by atoms with E-state index in [-0.39, 0.29) is 5.56 Å². The van der Waals surface area contributed by atoms with Gasteiger partial charge < -0.3 is 5.11 Å². The minimum atomic E-state index is -0.827. The van der Waals surface area contributed by atoms with Crippen molar-refractivity contribution in [1.29, 1.82) is 0 Å². The van der Waals surface area contributed by atoms with Gasteiger partial charge in [0.15, 0.2) is 11.6 Å². The van der Waals surface area contributed by atoms with Crippen LogP contribution in [-0.2, 0) is 6.42 Å². The van der Waals surface area contributed by atoms with Crippen LogP contribution < -0.4 is 0 Å². The number of aryl methyl sites for hydroxylation is 1. The first kappa shape index (κ1) is 21.0. The second kappa shape index (κ2) is 10.2. The van der Waals surface area contributed by atoms with Crippen molar-refractivity contribution in [2.75, 3.05) is 0 Å². The van der Waals surface area contributed by atoms with Crippen LogP contribution in [0.5, 0.6) is 5.75 Å². The van der Waals surface area contributed by atoms with E-state index >= 15 is 0 Å². The summed E-state index contributed by atoms with van der Waals surface area (Å²) >= 11 is 0. The highest BCUT2D eigenvalue weighted by atomic mass is 19.1. The first-order chi connectivity index (χ1) is 14.1. The van der Waals surface area contributed by atoms with Crippen molar-refractivity contribution in [2.24, 2.45) is 0 Å². The highest BCUT2D eigenvalue weighted by Crippen LogP contribution is 2.30. The lowest BCUT2D eigenvalue weighted by Crippen LogP contribution is -1.89. The number of hydrogen-bond donors (Lipinski definition) is 1. The number of rotatable bonds is 9. The van der Waals surface area contributed by atoms with Crippen LogP contribution in [0.15, 0.2) is 60.7 Å². The number of hydrogen-bond acceptors (Lipinski definition) is 1. The summed E-state index contributed by atoms with van der Waals surface area (Å²) < 4.78 is 27.6. The molecule has 0 aliphatic rings. The first-order valence-electron chi connectivity index (χ1n) is 10.5. The number of phenolic OH excluding ortho intramolecular Hbond substituents is 1. The average Bonchev–Trinajstić information content (AvgIpc) is 2.74. The lowest BCUT2D eigenvalue weighted by Gasteiger charge is -2.08. The van der Waals surface area contributed by atoms with Crippen LogP contribution in [0.1, 0.15) is 51.0 Å². The zero-order chi connectivity index (χ0) is 20.6. The molecule has 0 spiro atoms. The monoisotopic (exact) mass is 394 g/mol. The van der Waals surface area contributed by atoms with E-state index < -0.39 is 17.4 Å². The molecular formula is C26H28F2O. The van der Waals surface area contributed by atoms with Gasteiger partial charge in [0, 0.05) is 11.6 Å². The quantitative estimate of drug-likeness (QED) is 0.366. The largest absolute Gasteiger partial charge is 0.505 e. The molecule has 3 aromatic rings. The summed E-state index contributed by atoms with van der Waals surface area (Å²) in [4.78, 5) is 0. The van der Waals surface area contributed by atoms with Gasteiger partial charge in [-0.15, -0.1) is 0 Å². The van der Waals surface area contributed by atoms with E-state index in [0.29, 0.717) is 5.56 Å². The normalized spacial score (nSPS) is 11.0. The van der Waals surface area contributed by atoms with Gasteiger partial charge in [0.2, 0.25) is 0 Å². The Morgan fingerprint density at radius 1 is 0.655 bits per heavy atom. The zero-order valence-corrected chi connectivity index (χ0v) is 16.9. The number of halogens is 2. The van der Waals surface area contributed by atoms with Gasteiger partial charge in [-0.25, -0.2) is 8.78 Å². The third kappa shape index (κ3) is 5.66. The summed E-state index contributed by atoms with van der Waals surface area (Å²) in [5, 5.41) is 9.27. The Hall–Kier alpha value is -2.68. The number of unbranched alkanes of at least 4 members (excludes halogenated alkanes) is 5. The standard InChI is InChI=1S/C26H28F2O/c1-2-3-4-5-6-7-8-19-9-11-20(12-10-19)21-13-15-22(16-14-21)23-17-25(28)26(29)18-24(23)27/h9-18,29H,2-8H2,1H3. The molecule has 0 unspecified atom stereocenters.